The highest BCUT2D eigenvalue weighted by atomic mass is 32.1. The van der Waals surface area contributed by atoms with E-state index in [0.29, 0.717) is 32.9 Å². The zero-order valence-electron chi connectivity index (χ0n) is 22.2. The fourth-order valence-corrected chi connectivity index (χ4v) is 6.66. The second-order valence-corrected chi connectivity index (χ2v) is 11.1. The molecule has 1 atom stereocenters. The summed E-state index contributed by atoms with van der Waals surface area (Å²) >= 11 is 1.16. The minimum atomic E-state index is -1.03. The molecule has 0 radical (unpaired) electrons. The number of nitrogens with zero attached hydrogens (tertiary/aromatic N) is 3. The van der Waals surface area contributed by atoms with E-state index in [1.807, 2.05) is 30.3 Å². The first-order valence-corrected chi connectivity index (χ1v) is 14.2. The monoisotopic (exact) mass is 542 g/mol. The summed E-state index contributed by atoms with van der Waals surface area (Å²) in [7, 11) is 0. The third kappa shape index (κ3) is 4.30. The maximum absolute atomic E-state index is 13.2. The van der Waals surface area contributed by atoms with Gasteiger partial charge in [0.25, 0.3) is 11.5 Å². The van der Waals surface area contributed by atoms with Crippen molar-refractivity contribution in [1.29, 1.82) is 0 Å². The van der Waals surface area contributed by atoms with Crippen LogP contribution in [0.2, 0.25) is 0 Å². The molecule has 0 saturated heterocycles. The lowest BCUT2D eigenvalue weighted by atomic mass is 10.1. The Labute approximate surface area is 229 Å². The Morgan fingerprint density at radius 3 is 2.72 bits per heavy atom. The summed E-state index contributed by atoms with van der Waals surface area (Å²) < 4.78 is 9.55. The maximum Gasteiger partial charge on any atom is 0.349 e. The van der Waals surface area contributed by atoms with Crippen LogP contribution in [0, 0.1) is 6.92 Å². The van der Waals surface area contributed by atoms with Crippen molar-refractivity contribution in [3.8, 4) is 0 Å². The maximum atomic E-state index is 13.2. The van der Waals surface area contributed by atoms with Crippen LogP contribution < -0.4 is 10.9 Å². The van der Waals surface area contributed by atoms with Gasteiger partial charge in [0.05, 0.1) is 5.39 Å². The van der Waals surface area contributed by atoms with E-state index < -0.39 is 18.0 Å². The summed E-state index contributed by atoms with van der Waals surface area (Å²) in [4.78, 5) is 44.9. The molecule has 5 aromatic rings. The molecule has 8 nitrogen and oxygen atoms in total. The first kappa shape index (κ1) is 25.3. The van der Waals surface area contributed by atoms with Gasteiger partial charge in [-0.25, -0.2) is 9.78 Å². The Bertz CT molecular complexity index is 1830. The summed E-state index contributed by atoms with van der Waals surface area (Å²) in [5.74, 6) is -0.275. The first-order valence-electron chi connectivity index (χ1n) is 13.4. The van der Waals surface area contributed by atoms with E-state index in [-0.39, 0.29) is 5.56 Å². The van der Waals surface area contributed by atoms with Gasteiger partial charge in [-0.15, -0.1) is 11.3 Å². The van der Waals surface area contributed by atoms with E-state index in [9.17, 15) is 14.4 Å². The summed E-state index contributed by atoms with van der Waals surface area (Å²) in [6.45, 7) is 6.89. The summed E-state index contributed by atoms with van der Waals surface area (Å²) in [5, 5.41) is 5.52. The Hall–Kier alpha value is -3.98. The number of aryl methyl sites for hydroxylation is 3. The Morgan fingerprint density at radius 2 is 1.90 bits per heavy atom. The number of benzene rings is 2. The molecule has 4 heterocycles. The molecule has 200 valence electrons. The van der Waals surface area contributed by atoms with Gasteiger partial charge in [-0.05, 0) is 63.4 Å². The van der Waals surface area contributed by atoms with Gasteiger partial charge in [-0.1, -0.05) is 24.6 Å². The van der Waals surface area contributed by atoms with Crippen molar-refractivity contribution < 1.29 is 14.3 Å². The van der Waals surface area contributed by atoms with Crippen molar-refractivity contribution in [2.24, 2.45) is 0 Å². The SMILES string of the molecule is CCn1c2ccccc2c2cc(NC(=O)[C@H](C)OC(=O)c3sc4nc5n(c(=O)c4c3C)CCCCC5)ccc21. The average molecular weight is 543 g/mol. The van der Waals surface area contributed by atoms with E-state index in [4.69, 9.17) is 9.72 Å². The van der Waals surface area contributed by atoms with Gasteiger partial charge >= 0.3 is 5.97 Å². The fraction of sp³-hybridized carbons (Fsp3) is 0.333. The molecule has 9 heteroatoms. The first-order chi connectivity index (χ1) is 18.9. The van der Waals surface area contributed by atoms with Gasteiger partial charge < -0.3 is 14.6 Å². The highest BCUT2D eigenvalue weighted by Gasteiger charge is 2.26. The smallest absolute Gasteiger partial charge is 0.349 e. The standard InChI is InChI=1S/C30H30N4O4S/c1-4-33-22-11-8-7-10-20(22)21-16-19(13-14-23(21)33)31-27(35)18(3)38-30(37)26-17(2)25-28(39-26)32-24-12-6-5-9-15-34(24)29(25)36/h7-8,10-11,13-14,16,18H,4-6,9,12,15H2,1-3H3,(H,31,35)/t18-/m0/s1. The number of para-hydroxylation sites is 1. The molecule has 0 fully saturated rings. The predicted molar refractivity (Wildman–Crippen MR) is 155 cm³/mol. The average Bonchev–Trinajstić information content (AvgIpc) is 3.31. The highest BCUT2D eigenvalue weighted by Crippen LogP contribution is 2.32. The number of esters is 1. The van der Waals surface area contributed by atoms with Gasteiger partial charge in [-0.2, -0.15) is 0 Å². The second kappa shape index (κ2) is 9.96. The number of rotatable bonds is 5. The van der Waals surface area contributed by atoms with Crippen LogP contribution in [0.25, 0.3) is 32.0 Å². The van der Waals surface area contributed by atoms with Crippen molar-refractivity contribution in [3.63, 3.8) is 0 Å². The lowest BCUT2D eigenvalue weighted by Crippen LogP contribution is -2.30. The molecular weight excluding hydrogens is 512 g/mol. The number of hydrogen-bond donors (Lipinski definition) is 1. The number of carbonyl (C=O) groups is 2. The van der Waals surface area contributed by atoms with Crippen molar-refractivity contribution >= 4 is 60.9 Å². The number of aromatic nitrogens is 3. The predicted octanol–water partition coefficient (Wildman–Crippen LogP) is 5.80. The molecule has 0 bridgehead atoms. The Kier molecular flexibility index (Phi) is 6.46. The van der Waals surface area contributed by atoms with Crippen molar-refractivity contribution in [2.75, 3.05) is 5.32 Å². The number of thiophene rings is 1. The number of ether oxygens (including phenoxy) is 1. The molecule has 1 N–H and O–H groups in total. The van der Waals surface area contributed by atoms with Gasteiger partial charge in [0.1, 0.15) is 15.5 Å². The van der Waals surface area contributed by atoms with Crippen LogP contribution >= 0.6 is 11.3 Å². The molecule has 0 spiro atoms. The van der Waals surface area contributed by atoms with Crippen LogP contribution in [-0.2, 0) is 29.0 Å². The molecule has 2 aromatic carbocycles. The second-order valence-electron chi connectivity index (χ2n) is 10.1. The highest BCUT2D eigenvalue weighted by molar-refractivity contribution is 7.20. The van der Waals surface area contributed by atoms with Gasteiger partial charge in [0.15, 0.2) is 6.10 Å². The van der Waals surface area contributed by atoms with E-state index in [1.54, 1.807) is 18.4 Å². The molecule has 0 unspecified atom stereocenters. The quantitative estimate of drug-likeness (QED) is 0.283. The van der Waals surface area contributed by atoms with E-state index in [0.717, 1.165) is 71.2 Å². The molecule has 1 aliphatic heterocycles. The number of amides is 1. The topological polar surface area (TPSA) is 95.2 Å². The Morgan fingerprint density at radius 1 is 1.10 bits per heavy atom. The number of fused-ring (bicyclic) bond motifs is 5. The van der Waals surface area contributed by atoms with Crippen LogP contribution in [0.5, 0.6) is 0 Å². The van der Waals surface area contributed by atoms with Gasteiger partial charge in [-0.3, -0.25) is 14.2 Å². The van der Waals surface area contributed by atoms with Gasteiger partial charge in [0.2, 0.25) is 0 Å². The molecule has 39 heavy (non-hydrogen) atoms. The van der Waals surface area contributed by atoms with E-state index in [2.05, 4.69) is 28.9 Å². The molecule has 3 aromatic heterocycles. The number of anilines is 1. The molecule has 0 saturated carbocycles. The van der Waals surface area contributed by atoms with Gasteiger partial charge in [0, 0.05) is 47.0 Å². The zero-order chi connectivity index (χ0) is 27.3. The van der Waals surface area contributed by atoms with Crippen LogP contribution in [0.3, 0.4) is 0 Å². The van der Waals surface area contributed by atoms with E-state index >= 15 is 0 Å². The number of hydrogen-bond acceptors (Lipinski definition) is 6. The van der Waals surface area contributed by atoms with Crippen LogP contribution in [0.1, 0.15) is 54.2 Å². The fourth-order valence-electron chi connectivity index (χ4n) is 5.59. The Balaban J connectivity index is 1.23. The largest absolute Gasteiger partial charge is 0.448 e. The molecule has 1 aliphatic rings. The normalized spacial score (nSPS) is 14.3. The van der Waals surface area contributed by atoms with Crippen molar-refractivity contribution in [1.82, 2.24) is 14.1 Å². The van der Waals surface area contributed by atoms with Crippen LogP contribution in [-0.4, -0.2) is 32.1 Å². The molecule has 6 rings (SSSR count). The number of carbonyl (C=O) groups excluding carboxylic acids is 2. The minimum Gasteiger partial charge on any atom is -0.448 e. The molecule has 1 amide bonds. The lowest BCUT2D eigenvalue weighted by Gasteiger charge is -2.13. The molecular formula is C30H30N4O4S. The van der Waals surface area contributed by atoms with E-state index in [1.165, 1.54) is 0 Å². The third-order valence-corrected chi connectivity index (χ3v) is 8.77. The third-order valence-electron chi connectivity index (χ3n) is 7.61. The lowest BCUT2D eigenvalue weighted by molar-refractivity contribution is -0.123. The van der Waals surface area contributed by atoms with Crippen molar-refractivity contribution in [3.05, 3.63) is 69.1 Å². The summed E-state index contributed by atoms with van der Waals surface area (Å²) in [5.41, 5.74) is 3.33. The minimum absolute atomic E-state index is 0.102. The summed E-state index contributed by atoms with van der Waals surface area (Å²) in [6.07, 6.45) is 2.74. The summed E-state index contributed by atoms with van der Waals surface area (Å²) in [6, 6.07) is 14.0. The zero-order valence-corrected chi connectivity index (χ0v) is 23.1. The number of nitrogens with one attached hydrogen (secondary N) is 1. The molecule has 0 aliphatic carbocycles. The van der Waals surface area contributed by atoms with Crippen LogP contribution in [0.15, 0.2) is 47.3 Å². The van der Waals surface area contributed by atoms with Crippen molar-refractivity contribution in [2.45, 2.75) is 65.6 Å². The van der Waals surface area contributed by atoms with Crippen LogP contribution in [0.4, 0.5) is 5.69 Å².